The molecule has 2 rings (SSSR count). The van der Waals surface area contributed by atoms with Crippen LogP contribution in [-0.2, 0) is 4.74 Å². The van der Waals surface area contributed by atoms with Gasteiger partial charge in [-0.25, -0.2) is 9.78 Å². The van der Waals surface area contributed by atoms with E-state index in [1.807, 2.05) is 0 Å². The van der Waals surface area contributed by atoms with Crippen molar-refractivity contribution in [3.05, 3.63) is 46.5 Å². The van der Waals surface area contributed by atoms with E-state index in [4.69, 9.17) is 10.5 Å². The number of ether oxygens (including phenoxy) is 1. The fourth-order valence-electron chi connectivity index (χ4n) is 1.55. The van der Waals surface area contributed by atoms with E-state index in [9.17, 15) is 9.59 Å². The van der Waals surface area contributed by atoms with Crippen molar-refractivity contribution in [3.63, 3.8) is 0 Å². The van der Waals surface area contributed by atoms with Gasteiger partial charge in [-0.05, 0) is 31.2 Å². The average molecular weight is 274 g/mol. The molecule has 7 heteroatoms. The van der Waals surface area contributed by atoms with Crippen LogP contribution in [0.25, 0.3) is 0 Å². The van der Waals surface area contributed by atoms with Crippen molar-refractivity contribution in [2.24, 2.45) is 0 Å². The van der Waals surface area contributed by atoms with Crippen molar-refractivity contribution in [2.45, 2.75) is 6.92 Å². The van der Waals surface area contributed by atoms with Crippen molar-refractivity contribution < 1.29 is 9.53 Å². The lowest BCUT2D eigenvalue weighted by molar-refractivity contribution is 0.0526. The third-order valence-corrected chi connectivity index (χ3v) is 2.55. The molecule has 0 aliphatic rings. The van der Waals surface area contributed by atoms with E-state index in [1.165, 1.54) is 6.33 Å². The van der Waals surface area contributed by atoms with Crippen molar-refractivity contribution in [1.29, 1.82) is 0 Å². The maximum atomic E-state index is 11.5. The Morgan fingerprint density at radius 1 is 1.40 bits per heavy atom. The third kappa shape index (κ3) is 2.94. The van der Waals surface area contributed by atoms with Crippen LogP contribution in [0.2, 0.25) is 0 Å². The minimum atomic E-state index is -0.411. The van der Waals surface area contributed by atoms with E-state index in [-0.39, 0.29) is 17.5 Å². The first-order chi connectivity index (χ1) is 9.61. The first kappa shape index (κ1) is 13.6. The van der Waals surface area contributed by atoms with Crippen LogP contribution in [0.15, 0.2) is 35.4 Å². The summed E-state index contributed by atoms with van der Waals surface area (Å²) in [6, 6.07) is 6.58. The molecule has 1 aromatic heterocycles. The van der Waals surface area contributed by atoms with Gasteiger partial charge in [-0.3, -0.25) is 4.79 Å². The fraction of sp³-hybridized carbons (Fsp3) is 0.154. The van der Waals surface area contributed by atoms with Crippen LogP contribution in [0.4, 0.5) is 17.2 Å². The number of nitrogens with two attached hydrogens (primary N) is 1. The van der Waals surface area contributed by atoms with Crippen LogP contribution in [0.1, 0.15) is 17.3 Å². The molecule has 0 amide bonds. The second-order valence-corrected chi connectivity index (χ2v) is 3.92. The van der Waals surface area contributed by atoms with Gasteiger partial charge in [-0.1, -0.05) is 0 Å². The Kier molecular flexibility index (Phi) is 3.99. The Morgan fingerprint density at radius 3 is 2.75 bits per heavy atom. The Labute approximate surface area is 114 Å². The third-order valence-electron chi connectivity index (χ3n) is 2.55. The monoisotopic (exact) mass is 274 g/mol. The summed E-state index contributed by atoms with van der Waals surface area (Å²) in [6.45, 7) is 2.07. The fourth-order valence-corrected chi connectivity index (χ4v) is 1.55. The molecule has 0 aliphatic heterocycles. The summed E-state index contributed by atoms with van der Waals surface area (Å²) >= 11 is 0. The smallest absolute Gasteiger partial charge is 0.338 e. The molecule has 0 unspecified atom stereocenters. The van der Waals surface area contributed by atoms with Gasteiger partial charge in [0.15, 0.2) is 5.82 Å². The summed E-state index contributed by atoms with van der Waals surface area (Å²) < 4.78 is 4.88. The number of hydrogen-bond acceptors (Lipinski definition) is 6. The van der Waals surface area contributed by atoms with Gasteiger partial charge in [0.25, 0.3) is 5.56 Å². The summed E-state index contributed by atoms with van der Waals surface area (Å²) in [5.74, 6) is -0.120. The van der Waals surface area contributed by atoms with Crippen LogP contribution in [0, 0.1) is 0 Å². The number of carbonyl (C=O) groups is 1. The van der Waals surface area contributed by atoms with E-state index in [2.05, 4.69) is 15.3 Å². The molecule has 2 aromatic rings. The molecule has 0 radical (unpaired) electrons. The van der Waals surface area contributed by atoms with E-state index >= 15 is 0 Å². The number of carbonyl (C=O) groups excluding carboxylic acids is 1. The highest BCUT2D eigenvalue weighted by Gasteiger charge is 2.07. The van der Waals surface area contributed by atoms with Crippen molar-refractivity contribution in [3.8, 4) is 0 Å². The molecule has 0 saturated carbocycles. The average Bonchev–Trinajstić information content (AvgIpc) is 2.45. The Balaban J connectivity index is 2.17. The number of esters is 1. The standard InChI is InChI=1S/C13H14N4O3/c1-2-20-13(19)8-3-5-9(6-4-8)17-11-10(14)12(18)16-7-15-11/h3-7H,2,14H2,1H3,(H2,15,16,17,18). The number of anilines is 3. The van der Waals surface area contributed by atoms with Gasteiger partial charge < -0.3 is 20.8 Å². The van der Waals surface area contributed by atoms with Crippen LogP contribution in [0.5, 0.6) is 0 Å². The van der Waals surface area contributed by atoms with E-state index < -0.39 is 5.56 Å². The number of aromatic nitrogens is 2. The van der Waals surface area contributed by atoms with Crippen molar-refractivity contribution in [2.75, 3.05) is 17.7 Å². The Bertz CT molecular complexity index is 664. The highest BCUT2D eigenvalue weighted by molar-refractivity contribution is 5.90. The number of rotatable bonds is 4. The highest BCUT2D eigenvalue weighted by atomic mass is 16.5. The molecule has 1 heterocycles. The predicted molar refractivity (Wildman–Crippen MR) is 75.0 cm³/mol. The summed E-state index contributed by atoms with van der Waals surface area (Å²) in [5.41, 5.74) is 6.30. The molecular weight excluding hydrogens is 260 g/mol. The summed E-state index contributed by atoms with van der Waals surface area (Å²) in [5, 5.41) is 2.90. The van der Waals surface area contributed by atoms with E-state index in [0.717, 1.165) is 0 Å². The Hall–Kier alpha value is -2.83. The lowest BCUT2D eigenvalue weighted by Gasteiger charge is -2.08. The first-order valence-corrected chi connectivity index (χ1v) is 5.99. The van der Waals surface area contributed by atoms with Gasteiger partial charge in [0.05, 0.1) is 18.5 Å². The molecule has 7 nitrogen and oxygen atoms in total. The zero-order valence-corrected chi connectivity index (χ0v) is 10.8. The molecule has 0 saturated heterocycles. The molecule has 0 atom stereocenters. The van der Waals surface area contributed by atoms with Crippen LogP contribution in [-0.4, -0.2) is 22.5 Å². The minimum absolute atomic E-state index is 0.00182. The maximum absolute atomic E-state index is 11.5. The highest BCUT2D eigenvalue weighted by Crippen LogP contribution is 2.17. The quantitative estimate of drug-likeness (QED) is 0.724. The molecule has 20 heavy (non-hydrogen) atoms. The van der Waals surface area contributed by atoms with Gasteiger partial charge in [0.1, 0.15) is 5.69 Å². The lowest BCUT2D eigenvalue weighted by Crippen LogP contribution is -2.14. The van der Waals surface area contributed by atoms with Gasteiger partial charge >= 0.3 is 5.97 Å². The number of benzene rings is 1. The van der Waals surface area contributed by atoms with E-state index in [0.29, 0.717) is 17.9 Å². The van der Waals surface area contributed by atoms with Gasteiger partial charge in [-0.15, -0.1) is 0 Å². The van der Waals surface area contributed by atoms with Crippen LogP contribution < -0.4 is 16.6 Å². The maximum Gasteiger partial charge on any atom is 0.338 e. The number of H-pyrrole nitrogens is 1. The largest absolute Gasteiger partial charge is 0.462 e. The van der Waals surface area contributed by atoms with Crippen molar-refractivity contribution in [1.82, 2.24) is 9.97 Å². The normalized spacial score (nSPS) is 10.1. The molecule has 4 N–H and O–H groups in total. The zero-order valence-electron chi connectivity index (χ0n) is 10.8. The number of nitrogen functional groups attached to an aromatic ring is 1. The van der Waals surface area contributed by atoms with Gasteiger partial charge in [0.2, 0.25) is 0 Å². The lowest BCUT2D eigenvalue weighted by atomic mass is 10.2. The predicted octanol–water partition coefficient (Wildman–Crippen LogP) is 1.27. The molecule has 104 valence electrons. The number of aromatic amines is 1. The summed E-state index contributed by atoms with van der Waals surface area (Å²) in [7, 11) is 0. The first-order valence-electron chi connectivity index (χ1n) is 5.99. The van der Waals surface area contributed by atoms with Crippen molar-refractivity contribution >= 4 is 23.2 Å². The molecule has 0 bridgehead atoms. The zero-order chi connectivity index (χ0) is 14.5. The Morgan fingerprint density at radius 2 is 2.10 bits per heavy atom. The second-order valence-electron chi connectivity index (χ2n) is 3.92. The SMILES string of the molecule is CCOC(=O)c1ccc(Nc2nc[nH]c(=O)c2N)cc1. The minimum Gasteiger partial charge on any atom is -0.462 e. The number of hydrogen-bond donors (Lipinski definition) is 3. The van der Waals surface area contributed by atoms with Gasteiger partial charge in [0, 0.05) is 5.69 Å². The summed E-state index contributed by atoms with van der Waals surface area (Å²) in [4.78, 5) is 29.1. The topological polar surface area (TPSA) is 110 Å². The molecule has 0 spiro atoms. The number of nitrogens with one attached hydrogen (secondary N) is 2. The number of nitrogens with zero attached hydrogens (tertiary/aromatic N) is 1. The van der Waals surface area contributed by atoms with Gasteiger partial charge in [-0.2, -0.15) is 0 Å². The molecule has 0 aliphatic carbocycles. The van der Waals surface area contributed by atoms with Crippen LogP contribution >= 0.6 is 0 Å². The summed E-state index contributed by atoms with van der Waals surface area (Å²) in [6.07, 6.45) is 1.26. The van der Waals surface area contributed by atoms with Crippen LogP contribution in [0.3, 0.4) is 0 Å². The molecular formula is C13H14N4O3. The molecule has 1 aromatic carbocycles. The molecule has 0 fully saturated rings. The second kappa shape index (κ2) is 5.87. The van der Waals surface area contributed by atoms with E-state index in [1.54, 1.807) is 31.2 Å².